The number of nitrogen functional groups attached to an aromatic ring is 2. The van der Waals surface area contributed by atoms with Crippen LogP contribution in [0.2, 0.25) is 5.02 Å². The third-order valence-electron chi connectivity index (χ3n) is 2.75. The van der Waals surface area contributed by atoms with Crippen molar-refractivity contribution in [3.05, 3.63) is 34.3 Å². The van der Waals surface area contributed by atoms with Crippen LogP contribution >= 0.6 is 11.6 Å². The van der Waals surface area contributed by atoms with Crippen LogP contribution in [0.4, 0.5) is 21.5 Å². The average Bonchev–Trinajstić information content (AvgIpc) is 2.66. The summed E-state index contributed by atoms with van der Waals surface area (Å²) in [5, 5.41) is 2.65. The highest BCUT2D eigenvalue weighted by molar-refractivity contribution is 6.33. The van der Waals surface area contributed by atoms with E-state index >= 15 is 0 Å². The first-order chi connectivity index (χ1) is 8.90. The Hall–Kier alpha value is -1.95. The number of nitrogens with one attached hydrogen (secondary N) is 1. The summed E-state index contributed by atoms with van der Waals surface area (Å²) in [6.45, 7) is 3.84. The molecule has 102 valence electrons. The SMILES string of the molecule is Cc1nc(CNc2c(N)cc(N)c(Cl)c2F)oc1C. The number of aryl methyl sites for hydroxylation is 2. The number of nitrogens with two attached hydrogens (primary N) is 2. The van der Waals surface area contributed by atoms with Crippen LogP contribution < -0.4 is 16.8 Å². The minimum atomic E-state index is -0.681. The Morgan fingerprint density at radius 1 is 1.37 bits per heavy atom. The predicted octanol–water partition coefficient (Wildman–Crippen LogP) is 2.86. The summed E-state index contributed by atoms with van der Waals surface area (Å²) in [7, 11) is 0. The maximum Gasteiger partial charge on any atom is 0.213 e. The van der Waals surface area contributed by atoms with Gasteiger partial charge in [-0.15, -0.1) is 0 Å². The summed E-state index contributed by atoms with van der Waals surface area (Å²) >= 11 is 5.73. The molecule has 0 spiro atoms. The Morgan fingerprint density at radius 3 is 2.63 bits per heavy atom. The fraction of sp³-hybridized carbons (Fsp3) is 0.250. The number of aromatic nitrogens is 1. The molecule has 2 aromatic rings. The molecule has 1 heterocycles. The Kier molecular flexibility index (Phi) is 3.53. The summed E-state index contributed by atoms with van der Waals surface area (Å²) in [6, 6.07) is 1.40. The van der Waals surface area contributed by atoms with Gasteiger partial charge >= 0.3 is 0 Å². The van der Waals surface area contributed by atoms with Gasteiger partial charge < -0.3 is 21.2 Å². The minimum Gasteiger partial charge on any atom is -0.444 e. The lowest BCUT2D eigenvalue weighted by Gasteiger charge is -2.11. The lowest BCUT2D eigenvalue weighted by Crippen LogP contribution is -2.06. The Bertz CT molecular complexity index is 607. The van der Waals surface area contributed by atoms with Gasteiger partial charge in [0.15, 0.2) is 5.82 Å². The van der Waals surface area contributed by atoms with Crippen molar-refractivity contribution in [1.82, 2.24) is 4.98 Å². The number of benzene rings is 1. The van der Waals surface area contributed by atoms with Gasteiger partial charge in [0, 0.05) is 0 Å². The van der Waals surface area contributed by atoms with Crippen LogP contribution in [0.5, 0.6) is 0 Å². The van der Waals surface area contributed by atoms with Gasteiger partial charge in [-0.25, -0.2) is 9.37 Å². The van der Waals surface area contributed by atoms with Crippen molar-refractivity contribution < 1.29 is 8.81 Å². The second kappa shape index (κ2) is 4.97. The van der Waals surface area contributed by atoms with Gasteiger partial charge in [-0.05, 0) is 19.9 Å². The fourth-order valence-electron chi connectivity index (χ4n) is 1.62. The molecule has 0 amide bonds. The van der Waals surface area contributed by atoms with Crippen LogP contribution in [0.15, 0.2) is 10.5 Å². The zero-order valence-corrected chi connectivity index (χ0v) is 11.3. The number of nitrogens with zero attached hydrogens (tertiary/aromatic N) is 1. The van der Waals surface area contributed by atoms with E-state index < -0.39 is 5.82 Å². The van der Waals surface area contributed by atoms with Crippen molar-refractivity contribution in [2.75, 3.05) is 16.8 Å². The summed E-state index contributed by atoms with van der Waals surface area (Å²) in [4.78, 5) is 4.17. The quantitative estimate of drug-likeness (QED) is 0.754. The normalized spacial score (nSPS) is 10.7. The van der Waals surface area contributed by atoms with Gasteiger partial charge in [-0.3, -0.25) is 0 Å². The Labute approximate surface area is 114 Å². The second-order valence-corrected chi connectivity index (χ2v) is 4.54. The Balaban J connectivity index is 2.22. The first-order valence-corrected chi connectivity index (χ1v) is 5.97. The molecule has 7 heteroatoms. The van der Waals surface area contributed by atoms with E-state index in [1.165, 1.54) is 6.07 Å². The maximum atomic E-state index is 13.9. The summed E-state index contributed by atoms with van der Waals surface area (Å²) < 4.78 is 19.3. The number of rotatable bonds is 3. The summed E-state index contributed by atoms with van der Waals surface area (Å²) in [6.07, 6.45) is 0. The number of hydrogen-bond donors (Lipinski definition) is 3. The molecule has 0 aliphatic heterocycles. The van der Waals surface area contributed by atoms with Gasteiger partial charge in [0.25, 0.3) is 0 Å². The molecule has 0 unspecified atom stereocenters. The molecule has 1 aromatic carbocycles. The molecule has 0 bridgehead atoms. The van der Waals surface area contributed by atoms with Crippen LogP contribution in [-0.2, 0) is 6.54 Å². The van der Waals surface area contributed by atoms with Gasteiger partial charge in [0.1, 0.15) is 10.8 Å². The van der Waals surface area contributed by atoms with Crippen molar-refractivity contribution in [1.29, 1.82) is 0 Å². The van der Waals surface area contributed by atoms with Crippen LogP contribution in [0, 0.1) is 19.7 Å². The molecular formula is C12H14ClFN4O. The van der Waals surface area contributed by atoms with Crippen molar-refractivity contribution in [2.45, 2.75) is 20.4 Å². The largest absolute Gasteiger partial charge is 0.444 e. The molecule has 0 atom stereocenters. The molecule has 0 radical (unpaired) electrons. The van der Waals surface area contributed by atoms with E-state index in [1.807, 2.05) is 6.92 Å². The van der Waals surface area contributed by atoms with Crippen LogP contribution in [0.25, 0.3) is 0 Å². The lowest BCUT2D eigenvalue weighted by atomic mass is 10.2. The fourth-order valence-corrected chi connectivity index (χ4v) is 1.77. The zero-order chi connectivity index (χ0) is 14.2. The van der Waals surface area contributed by atoms with Gasteiger partial charge in [-0.2, -0.15) is 0 Å². The molecule has 0 saturated heterocycles. The summed E-state index contributed by atoms with van der Waals surface area (Å²) in [5.41, 5.74) is 12.4. The number of oxazole rings is 1. The zero-order valence-electron chi connectivity index (χ0n) is 10.6. The van der Waals surface area contributed by atoms with Crippen LogP contribution in [0.3, 0.4) is 0 Å². The lowest BCUT2D eigenvalue weighted by molar-refractivity contribution is 0.478. The topological polar surface area (TPSA) is 90.1 Å². The highest BCUT2D eigenvalue weighted by Crippen LogP contribution is 2.33. The molecule has 1 aromatic heterocycles. The number of anilines is 3. The minimum absolute atomic E-state index is 0.0905. The van der Waals surface area contributed by atoms with Gasteiger partial charge in [0.2, 0.25) is 5.89 Å². The van der Waals surface area contributed by atoms with Crippen molar-refractivity contribution in [2.24, 2.45) is 0 Å². The maximum absolute atomic E-state index is 13.9. The Morgan fingerprint density at radius 2 is 2.05 bits per heavy atom. The van der Waals surface area contributed by atoms with Crippen molar-refractivity contribution in [3.63, 3.8) is 0 Å². The third-order valence-corrected chi connectivity index (χ3v) is 3.14. The molecular weight excluding hydrogens is 271 g/mol. The molecule has 0 fully saturated rings. The molecule has 19 heavy (non-hydrogen) atoms. The van der Waals surface area contributed by atoms with Crippen LogP contribution in [-0.4, -0.2) is 4.98 Å². The molecule has 2 rings (SSSR count). The van der Waals surface area contributed by atoms with E-state index in [4.69, 9.17) is 27.5 Å². The van der Waals surface area contributed by atoms with Crippen LogP contribution in [0.1, 0.15) is 17.3 Å². The van der Waals surface area contributed by atoms with E-state index in [1.54, 1.807) is 6.92 Å². The van der Waals surface area contributed by atoms with E-state index in [9.17, 15) is 4.39 Å². The third kappa shape index (κ3) is 2.58. The van der Waals surface area contributed by atoms with Gasteiger partial charge in [-0.1, -0.05) is 11.6 Å². The molecule has 5 N–H and O–H groups in total. The van der Waals surface area contributed by atoms with E-state index in [-0.39, 0.29) is 28.6 Å². The van der Waals surface area contributed by atoms with E-state index in [2.05, 4.69) is 10.3 Å². The highest BCUT2D eigenvalue weighted by atomic mass is 35.5. The monoisotopic (exact) mass is 284 g/mol. The smallest absolute Gasteiger partial charge is 0.213 e. The van der Waals surface area contributed by atoms with Gasteiger partial charge in [0.05, 0.1) is 29.3 Å². The molecule has 0 aliphatic rings. The number of halogens is 2. The molecule has 5 nitrogen and oxygen atoms in total. The number of hydrogen-bond acceptors (Lipinski definition) is 5. The molecule has 0 aliphatic carbocycles. The standard InChI is InChI=1S/C12H14ClFN4O/c1-5-6(2)19-9(18-5)4-17-12-8(16)3-7(15)10(13)11(12)14/h3,17H,4,15-16H2,1-2H3. The first-order valence-electron chi connectivity index (χ1n) is 5.60. The van der Waals surface area contributed by atoms with E-state index in [0.717, 1.165) is 11.5 Å². The summed E-state index contributed by atoms with van der Waals surface area (Å²) in [5.74, 6) is 0.487. The average molecular weight is 285 g/mol. The van der Waals surface area contributed by atoms with Crippen molar-refractivity contribution in [3.8, 4) is 0 Å². The second-order valence-electron chi connectivity index (χ2n) is 4.16. The van der Waals surface area contributed by atoms with E-state index in [0.29, 0.717) is 5.89 Å². The highest BCUT2D eigenvalue weighted by Gasteiger charge is 2.15. The molecule has 0 saturated carbocycles. The van der Waals surface area contributed by atoms with Crippen molar-refractivity contribution >= 4 is 28.7 Å². The first kappa shape index (κ1) is 13.5. The predicted molar refractivity (Wildman–Crippen MR) is 73.5 cm³/mol.